The van der Waals surface area contributed by atoms with E-state index in [0.717, 1.165) is 37.5 Å². The molecule has 0 saturated carbocycles. The molecule has 2 N–H and O–H groups in total. The van der Waals surface area contributed by atoms with Gasteiger partial charge in [0.1, 0.15) is 0 Å². The lowest BCUT2D eigenvalue weighted by molar-refractivity contribution is 0.782. The van der Waals surface area contributed by atoms with E-state index in [1.165, 1.54) is 14.9 Å². The van der Waals surface area contributed by atoms with Crippen molar-refractivity contribution in [3.8, 4) is 0 Å². The zero-order valence-corrected chi connectivity index (χ0v) is 15.0. The van der Waals surface area contributed by atoms with Crippen LogP contribution in [0.5, 0.6) is 0 Å². The summed E-state index contributed by atoms with van der Waals surface area (Å²) in [4.78, 5) is 14.5. The average molecular weight is 338 g/mol. The van der Waals surface area contributed by atoms with E-state index in [2.05, 4.69) is 44.8 Å². The molecule has 5 nitrogen and oxygen atoms in total. The number of hydrogen-bond acceptors (Lipinski definition) is 5. The predicted octanol–water partition coefficient (Wildman–Crippen LogP) is 2.63. The molecule has 2 heterocycles. The molecule has 7 heteroatoms. The Hall–Kier alpha value is -1.47. The Labute approximate surface area is 139 Å². The maximum Gasteiger partial charge on any atom is 0.191 e. The van der Waals surface area contributed by atoms with Crippen molar-refractivity contribution in [1.29, 1.82) is 0 Å². The molecular weight excluding hydrogens is 314 g/mol. The number of thiazole rings is 2. The lowest BCUT2D eigenvalue weighted by Crippen LogP contribution is -2.37. The molecule has 0 aliphatic carbocycles. The van der Waals surface area contributed by atoms with Gasteiger partial charge in [0.15, 0.2) is 5.96 Å². The predicted molar refractivity (Wildman–Crippen MR) is 94.9 cm³/mol. The molecule has 2 rings (SSSR count). The van der Waals surface area contributed by atoms with Gasteiger partial charge in [0.05, 0.1) is 22.3 Å². The van der Waals surface area contributed by atoms with Gasteiger partial charge < -0.3 is 10.6 Å². The number of nitrogens with zero attached hydrogens (tertiary/aromatic N) is 3. The first-order valence-electron chi connectivity index (χ1n) is 7.56. The monoisotopic (exact) mass is 337 g/mol. The van der Waals surface area contributed by atoms with Gasteiger partial charge >= 0.3 is 0 Å². The quantitative estimate of drug-likeness (QED) is 0.602. The van der Waals surface area contributed by atoms with Gasteiger partial charge in [0.25, 0.3) is 0 Å². The second kappa shape index (κ2) is 8.85. The van der Waals surface area contributed by atoms with E-state index in [9.17, 15) is 0 Å². The van der Waals surface area contributed by atoms with E-state index in [-0.39, 0.29) is 0 Å². The van der Waals surface area contributed by atoms with Crippen molar-refractivity contribution in [3.63, 3.8) is 0 Å². The summed E-state index contributed by atoms with van der Waals surface area (Å²) >= 11 is 3.50. The van der Waals surface area contributed by atoms with Crippen molar-refractivity contribution in [2.45, 2.75) is 39.7 Å². The van der Waals surface area contributed by atoms with E-state index in [1.54, 1.807) is 29.7 Å². The molecule has 2 aromatic heterocycles. The number of guanidine groups is 1. The topological polar surface area (TPSA) is 62.2 Å². The molecule has 0 bridgehead atoms. The summed E-state index contributed by atoms with van der Waals surface area (Å²) in [5.41, 5.74) is 1.07. The van der Waals surface area contributed by atoms with Gasteiger partial charge in [0.2, 0.25) is 0 Å². The van der Waals surface area contributed by atoms with Crippen molar-refractivity contribution in [2.24, 2.45) is 4.99 Å². The van der Waals surface area contributed by atoms with E-state index >= 15 is 0 Å². The number of aryl methyl sites for hydroxylation is 2. The summed E-state index contributed by atoms with van der Waals surface area (Å²) in [6.45, 7) is 5.81. The maximum absolute atomic E-state index is 4.54. The van der Waals surface area contributed by atoms with Crippen LogP contribution in [0, 0.1) is 0 Å². The van der Waals surface area contributed by atoms with E-state index in [1.807, 2.05) is 6.20 Å². The highest BCUT2D eigenvalue weighted by Crippen LogP contribution is 2.13. The van der Waals surface area contributed by atoms with Crippen LogP contribution in [-0.2, 0) is 25.8 Å². The van der Waals surface area contributed by atoms with Crippen molar-refractivity contribution >= 4 is 28.6 Å². The zero-order chi connectivity index (χ0) is 15.8. The Bertz CT molecular complexity index is 603. The van der Waals surface area contributed by atoms with E-state index in [4.69, 9.17) is 0 Å². The van der Waals surface area contributed by atoms with Crippen LogP contribution in [0.25, 0.3) is 0 Å². The largest absolute Gasteiger partial charge is 0.356 e. The van der Waals surface area contributed by atoms with Crippen molar-refractivity contribution in [3.05, 3.63) is 32.2 Å². The molecule has 0 spiro atoms. The van der Waals surface area contributed by atoms with Gasteiger partial charge in [-0.05, 0) is 12.8 Å². The van der Waals surface area contributed by atoms with Crippen molar-refractivity contribution in [2.75, 3.05) is 13.6 Å². The summed E-state index contributed by atoms with van der Waals surface area (Å²) in [6, 6.07) is 0. The molecule has 0 amide bonds. The second-order valence-corrected chi connectivity index (χ2v) is 6.90. The molecule has 0 fully saturated rings. The fourth-order valence-corrected chi connectivity index (χ4v) is 3.51. The van der Waals surface area contributed by atoms with Crippen LogP contribution >= 0.6 is 22.7 Å². The standard InChI is InChI=1S/C15H23N5S2/c1-4-12-9-18-14(22-12)6-7-17-15(16-3)19-8-11-10-21-13(5-2)20-11/h9-10H,4-8H2,1-3H3,(H2,16,17,19). The normalized spacial score (nSPS) is 11.7. The van der Waals surface area contributed by atoms with Crippen molar-refractivity contribution < 1.29 is 0 Å². The highest BCUT2D eigenvalue weighted by Gasteiger charge is 2.04. The minimum Gasteiger partial charge on any atom is -0.356 e. The van der Waals surface area contributed by atoms with Crippen LogP contribution in [0.2, 0.25) is 0 Å². The first kappa shape index (κ1) is 16.9. The fraction of sp³-hybridized carbons (Fsp3) is 0.533. The Morgan fingerprint density at radius 3 is 2.73 bits per heavy atom. The van der Waals surface area contributed by atoms with Crippen LogP contribution < -0.4 is 10.6 Å². The molecule has 0 aliphatic heterocycles. The van der Waals surface area contributed by atoms with Gasteiger partial charge in [-0.15, -0.1) is 22.7 Å². The summed E-state index contributed by atoms with van der Waals surface area (Å²) in [6.07, 6.45) is 4.94. The number of aliphatic imine (C=N–C) groups is 1. The number of nitrogens with one attached hydrogen (secondary N) is 2. The molecule has 2 aromatic rings. The van der Waals surface area contributed by atoms with E-state index in [0.29, 0.717) is 6.54 Å². The Morgan fingerprint density at radius 1 is 1.23 bits per heavy atom. The molecule has 0 atom stereocenters. The smallest absolute Gasteiger partial charge is 0.191 e. The Morgan fingerprint density at radius 2 is 2.09 bits per heavy atom. The number of rotatable bonds is 7. The number of aromatic nitrogens is 2. The molecule has 0 aliphatic rings. The second-order valence-electron chi connectivity index (χ2n) is 4.76. The summed E-state index contributed by atoms with van der Waals surface area (Å²) < 4.78 is 0. The van der Waals surface area contributed by atoms with Crippen LogP contribution in [0.4, 0.5) is 0 Å². The maximum atomic E-state index is 4.54. The zero-order valence-electron chi connectivity index (χ0n) is 13.3. The van der Waals surface area contributed by atoms with Crippen LogP contribution in [0.15, 0.2) is 16.6 Å². The summed E-state index contributed by atoms with van der Waals surface area (Å²) in [5, 5.41) is 11.1. The van der Waals surface area contributed by atoms with Gasteiger partial charge in [0, 0.05) is 36.5 Å². The van der Waals surface area contributed by atoms with Crippen LogP contribution in [-0.4, -0.2) is 29.5 Å². The van der Waals surface area contributed by atoms with Crippen molar-refractivity contribution in [1.82, 2.24) is 20.6 Å². The Kier molecular flexibility index (Phi) is 6.79. The van der Waals surface area contributed by atoms with Crippen LogP contribution in [0.1, 0.15) is 34.4 Å². The lowest BCUT2D eigenvalue weighted by Gasteiger charge is -2.10. The van der Waals surface area contributed by atoms with Gasteiger partial charge in [-0.2, -0.15) is 0 Å². The summed E-state index contributed by atoms with van der Waals surface area (Å²) in [5.74, 6) is 0.804. The Balaban J connectivity index is 1.72. The first-order chi connectivity index (χ1) is 10.7. The summed E-state index contributed by atoms with van der Waals surface area (Å²) in [7, 11) is 1.78. The number of hydrogen-bond donors (Lipinski definition) is 2. The first-order valence-corrected chi connectivity index (χ1v) is 9.26. The van der Waals surface area contributed by atoms with Gasteiger partial charge in [-0.3, -0.25) is 4.99 Å². The average Bonchev–Trinajstić information content (AvgIpc) is 3.19. The minimum atomic E-state index is 0.702. The van der Waals surface area contributed by atoms with Gasteiger partial charge in [-0.25, -0.2) is 9.97 Å². The molecule has 120 valence electrons. The third-order valence-corrected chi connectivity index (χ3v) is 5.39. The highest BCUT2D eigenvalue weighted by molar-refractivity contribution is 7.11. The lowest BCUT2D eigenvalue weighted by atomic mass is 10.4. The molecule has 22 heavy (non-hydrogen) atoms. The fourth-order valence-electron chi connectivity index (χ4n) is 1.90. The third kappa shape index (κ3) is 5.06. The minimum absolute atomic E-state index is 0.702. The SMILES string of the molecule is CCc1cnc(CCNC(=NC)NCc2csc(CC)n2)s1. The molecule has 0 unspecified atom stereocenters. The van der Waals surface area contributed by atoms with Gasteiger partial charge in [-0.1, -0.05) is 13.8 Å². The van der Waals surface area contributed by atoms with E-state index < -0.39 is 0 Å². The molecule has 0 aromatic carbocycles. The molecule has 0 saturated heterocycles. The van der Waals surface area contributed by atoms with Crippen LogP contribution in [0.3, 0.4) is 0 Å². The molecule has 0 radical (unpaired) electrons. The third-order valence-electron chi connectivity index (χ3n) is 3.14. The highest BCUT2D eigenvalue weighted by atomic mass is 32.1. The molecular formula is C15H23N5S2.